The Labute approximate surface area is 191 Å². The minimum Gasteiger partial charge on any atom is -0.445 e. The molecule has 33 heavy (non-hydrogen) atoms. The Balaban J connectivity index is 1.84. The molecule has 3 atom stereocenters. The molecule has 3 rings (SSSR count). The highest BCUT2D eigenvalue weighted by Crippen LogP contribution is 2.43. The SMILES string of the molecule is CCC[C@H]1[C@H](CNC(=O)C(F)(F)F)C2(C[C@@H](C)N1C(=O)OCc1ccccc1)OCCCO2. The van der Waals surface area contributed by atoms with E-state index in [4.69, 9.17) is 14.2 Å². The van der Waals surface area contributed by atoms with Gasteiger partial charge in [-0.05, 0) is 25.3 Å². The molecule has 2 saturated heterocycles. The number of benzene rings is 1. The van der Waals surface area contributed by atoms with Gasteiger partial charge in [0.1, 0.15) is 6.61 Å². The van der Waals surface area contributed by atoms with Gasteiger partial charge in [-0.25, -0.2) is 4.79 Å². The molecule has 1 aromatic rings. The van der Waals surface area contributed by atoms with Gasteiger partial charge in [0.2, 0.25) is 0 Å². The average molecular weight is 473 g/mol. The predicted molar refractivity (Wildman–Crippen MR) is 113 cm³/mol. The molecule has 7 nitrogen and oxygen atoms in total. The Kier molecular flexibility index (Phi) is 8.23. The lowest BCUT2D eigenvalue weighted by molar-refractivity contribution is -0.321. The van der Waals surface area contributed by atoms with Gasteiger partial charge in [0.25, 0.3) is 0 Å². The second-order valence-corrected chi connectivity index (χ2v) is 8.53. The van der Waals surface area contributed by atoms with Crippen molar-refractivity contribution in [2.45, 2.75) is 70.2 Å². The lowest BCUT2D eigenvalue weighted by atomic mass is 9.78. The van der Waals surface area contributed by atoms with Crippen LogP contribution < -0.4 is 5.32 Å². The van der Waals surface area contributed by atoms with Crippen molar-refractivity contribution in [2.75, 3.05) is 19.8 Å². The number of nitrogens with one attached hydrogen (secondary N) is 1. The van der Waals surface area contributed by atoms with Crippen LogP contribution in [0.25, 0.3) is 0 Å². The van der Waals surface area contributed by atoms with Gasteiger partial charge in [0.15, 0.2) is 5.79 Å². The lowest BCUT2D eigenvalue weighted by Gasteiger charge is -2.55. The van der Waals surface area contributed by atoms with Crippen molar-refractivity contribution >= 4 is 12.0 Å². The highest BCUT2D eigenvalue weighted by Gasteiger charge is 2.55. The maximum Gasteiger partial charge on any atom is 0.471 e. The predicted octanol–water partition coefficient (Wildman–Crippen LogP) is 4.01. The first kappa shape index (κ1) is 25.3. The zero-order valence-corrected chi connectivity index (χ0v) is 18.9. The summed E-state index contributed by atoms with van der Waals surface area (Å²) in [5, 5.41) is 1.98. The number of amides is 2. The third-order valence-electron chi connectivity index (χ3n) is 6.16. The van der Waals surface area contributed by atoms with E-state index in [2.05, 4.69) is 0 Å². The average Bonchev–Trinajstić information content (AvgIpc) is 2.78. The number of piperidine rings is 1. The molecule has 1 aromatic carbocycles. The standard InChI is InChI=1S/C23H31F3N2O5/c1-3-8-19-18(14-27-20(29)23(24,25)26)22(32-11-7-12-33-22)13-16(2)28(19)21(30)31-15-17-9-5-4-6-10-17/h4-6,9-10,16,18-19H,3,7-8,11-15H2,1-2H3,(H,27,29)/t16-,18+,19+/m1/s1. The molecular weight excluding hydrogens is 441 g/mol. The molecule has 2 aliphatic heterocycles. The number of ether oxygens (including phenoxy) is 3. The lowest BCUT2D eigenvalue weighted by Crippen LogP contribution is -2.67. The Morgan fingerprint density at radius 1 is 1.21 bits per heavy atom. The minimum atomic E-state index is -5.00. The van der Waals surface area contributed by atoms with Crippen LogP contribution in [0.4, 0.5) is 18.0 Å². The second-order valence-electron chi connectivity index (χ2n) is 8.53. The maximum absolute atomic E-state index is 13.1. The van der Waals surface area contributed by atoms with Crippen molar-refractivity contribution in [3.8, 4) is 0 Å². The zero-order valence-electron chi connectivity index (χ0n) is 18.9. The summed E-state index contributed by atoms with van der Waals surface area (Å²) in [5.74, 6) is -3.89. The first-order valence-corrected chi connectivity index (χ1v) is 11.3. The summed E-state index contributed by atoms with van der Waals surface area (Å²) in [7, 11) is 0. The summed E-state index contributed by atoms with van der Waals surface area (Å²) < 4.78 is 56.1. The fourth-order valence-corrected chi connectivity index (χ4v) is 4.74. The number of hydrogen-bond acceptors (Lipinski definition) is 5. The normalized spacial score (nSPS) is 25.0. The molecule has 184 valence electrons. The summed E-state index contributed by atoms with van der Waals surface area (Å²) in [6, 6.07) is 8.35. The molecule has 10 heteroatoms. The van der Waals surface area contributed by atoms with E-state index in [0.717, 1.165) is 5.56 Å². The van der Waals surface area contributed by atoms with Gasteiger partial charge in [-0.3, -0.25) is 4.79 Å². The number of carbonyl (C=O) groups excluding carboxylic acids is 2. The summed E-state index contributed by atoms with van der Waals surface area (Å²) in [4.78, 5) is 26.3. The van der Waals surface area contributed by atoms with E-state index in [1.807, 2.05) is 49.5 Å². The van der Waals surface area contributed by atoms with E-state index in [1.54, 1.807) is 4.90 Å². The van der Waals surface area contributed by atoms with Crippen molar-refractivity contribution in [3.05, 3.63) is 35.9 Å². The van der Waals surface area contributed by atoms with Gasteiger partial charge in [-0.2, -0.15) is 13.2 Å². The fraction of sp³-hybridized carbons (Fsp3) is 0.652. The number of halogens is 3. The van der Waals surface area contributed by atoms with E-state index >= 15 is 0 Å². The van der Waals surface area contributed by atoms with Gasteiger partial charge in [-0.15, -0.1) is 0 Å². The minimum absolute atomic E-state index is 0.0787. The Hall–Kier alpha value is -2.33. The maximum atomic E-state index is 13.1. The Morgan fingerprint density at radius 2 is 1.88 bits per heavy atom. The summed E-state index contributed by atoms with van der Waals surface area (Å²) in [6.45, 7) is 4.31. The second kappa shape index (κ2) is 10.7. The Bertz CT molecular complexity index is 799. The molecule has 0 bridgehead atoms. The molecule has 0 aliphatic carbocycles. The topological polar surface area (TPSA) is 77.1 Å². The van der Waals surface area contributed by atoms with Crippen molar-refractivity contribution in [1.82, 2.24) is 10.2 Å². The summed E-state index contributed by atoms with van der Waals surface area (Å²) >= 11 is 0. The first-order chi connectivity index (χ1) is 15.7. The van der Waals surface area contributed by atoms with Crippen LogP contribution in [0.3, 0.4) is 0 Å². The quantitative estimate of drug-likeness (QED) is 0.677. The monoisotopic (exact) mass is 472 g/mol. The van der Waals surface area contributed by atoms with Crippen LogP contribution in [0.2, 0.25) is 0 Å². The van der Waals surface area contributed by atoms with Crippen molar-refractivity contribution in [3.63, 3.8) is 0 Å². The van der Waals surface area contributed by atoms with Crippen LogP contribution in [0.15, 0.2) is 30.3 Å². The van der Waals surface area contributed by atoms with E-state index in [1.165, 1.54) is 0 Å². The van der Waals surface area contributed by atoms with Crippen LogP contribution >= 0.6 is 0 Å². The van der Waals surface area contributed by atoms with Gasteiger partial charge in [0, 0.05) is 25.0 Å². The molecule has 2 fully saturated rings. The summed E-state index contributed by atoms with van der Waals surface area (Å²) in [5.41, 5.74) is 0.826. The van der Waals surface area contributed by atoms with E-state index < -0.39 is 35.9 Å². The van der Waals surface area contributed by atoms with Crippen molar-refractivity contribution in [2.24, 2.45) is 5.92 Å². The number of rotatable bonds is 6. The molecule has 2 aliphatic rings. The van der Waals surface area contributed by atoms with Crippen LogP contribution in [-0.2, 0) is 25.6 Å². The van der Waals surface area contributed by atoms with E-state index in [0.29, 0.717) is 32.5 Å². The number of likely N-dealkylation sites (tertiary alicyclic amines) is 1. The third kappa shape index (κ3) is 5.97. The zero-order chi connectivity index (χ0) is 24.1. The number of nitrogens with zero attached hydrogens (tertiary/aromatic N) is 1. The van der Waals surface area contributed by atoms with Crippen molar-refractivity contribution in [1.29, 1.82) is 0 Å². The highest BCUT2D eigenvalue weighted by molar-refractivity contribution is 5.81. The number of hydrogen-bond donors (Lipinski definition) is 1. The van der Waals surface area contributed by atoms with E-state index in [-0.39, 0.29) is 25.6 Å². The smallest absolute Gasteiger partial charge is 0.445 e. The van der Waals surface area contributed by atoms with Crippen LogP contribution in [0, 0.1) is 5.92 Å². The molecule has 1 N–H and O–H groups in total. The molecule has 2 amide bonds. The van der Waals surface area contributed by atoms with Crippen molar-refractivity contribution < 1.29 is 37.0 Å². The molecule has 0 saturated carbocycles. The summed E-state index contributed by atoms with van der Waals surface area (Å²) in [6.07, 6.45) is -3.47. The number of carbonyl (C=O) groups is 2. The van der Waals surface area contributed by atoms with Crippen LogP contribution in [0.1, 0.15) is 45.1 Å². The highest BCUT2D eigenvalue weighted by atomic mass is 19.4. The third-order valence-corrected chi connectivity index (χ3v) is 6.16. The molecular formula is C23H31F3N2O5. The molecule has 2 heterocycles. The Morgan fingerprint density at radius 3 is 2.48 bits per heavy atom. The van der Waals surface area contributed by atoms with Gasteiger partial charge in [0.05, 0.1) is 19.1 Å². The molecule has 0 aromatic heterocycles. The van der Waals surface area contributed by atoms with Crippen LogP contribution in [-0.4, -0.2) is 60.7 Å². The molecule has 0 unspecified atom stereocenters. The first-order valence-electron chi connectivity index (χ1n) is 11.3. The fourth-order valence-electron chi connectivity index (χ4n) is 4.74. The van der Waals surface area contributed by atoms with E-state index in [9.17, 15) is 22.8 Å². The largest absolute Gasteiger partial charge is 0.471 e. The van der Waals surface area contributed by atoms with Gasteiger partial charge in [-0.1, -0.05) is 43.7 Å². The molecule has 0 radical (unpaired) electrons. The number of alkyl halides is 3. The van der Waals surface area contributed by atoms with Crippen LogP contribution in [0.5, 0.6) is 0 Å². The molecule has 1 spiro atoms. The van der Waals surface area contributed by atoms with Gasteiger partial charge < -0.3 is 24.4 Å². The van der Waals surface area contributed by atoms with Gasteiger partial charge >= 0.3 is 18.2 Å².